The molecule has 1 heterocycles. The fourth-order valence-electron chi connectivity index (χ4n) is 2.98. The number of rotatable bonds is 11. The van der Waals surface area contributed by atoms with Crippen molar-refractivity contribution in [3.8, 4) is 5.75 Å². The Morgan fingerprint density at radius 1 is 1.07 bits per heavy atom. The van der Waals surface area contributed by atoms with Crippen LogP contribution in [-0.4, -0.2) is 20.9 Å². The third-order valence-electron chi connectivity index (χ3n) is 5.20. The lowest BCUT2D eigenvalue weighted by atomic mass is 9.97. The van der Waals surface area contributed by atoms with Crippen molar-refractivity contribution in [3.05, 3.63) is 69.4 Å². The molecule has 2 aromatic rings. The van der Waals surface area contributed by atoms with Gasteiger partial charge in [-0.3, -0.25) is 0 Å². The summed E-state index contributed by atoms with van der Waals surface area (Å²) >= 11 is 1.68. The van der Waals surface area contributed by atoms with E-state index in [-0.39, 0.29) is 13.2 Å². The van der Waals surface area contributed by atoms with Crippen LogP contribution in [0, 0.1) is 0 Å². The van der Waals surface area contributed by atoms with Crippen molar-refractivity contribution in [2.45, 2.75) is 65.5 Å². The largest absolute Gasteiger partial charge is 0.489 e. The van der Waals surface area contributed by atoms with Crippen molar-refractivity contribution in [2.75, 3.05) is 0 Å². The average Bonchev–Trinajstić information content (AvgIpc) is 3.23. The van der Waals surface area contributed by atoms with E-state index in [9.17, 15) is 15.3 Å². The monoisotopic (exact) mass is 416 g/mol. The molecule has 0 atom stereocenters. The molecule has 2 rings (SSSR count). The molecule has 0 unspecified atom stereocenters. The molecular weight excluding hydrogens is 384 g/mol. The fourth-order valence-corrected chi connectivity index (χ4v) is 3.98. The Morgan fingerprint density at radius 3 is 2.41 bits per heavy atom. The van der Waals surface area contributed by atoms with E-state index in [0.29, 0.717) is 36.3 Å². The van der Waals surface area contributed by atoms with Gasteiger partial charge in [-0.2, -0.15) is 0 Å². The predicted octanol–water partition coefficient (Wildman–Crippen LogP) is 5.21. The van der Waals surface area contributed by atoms with Crippen LogP contribution in [0.25, 0.3) is 5.57 Å². The van der Waals surface area contributed by atoms with E-state index in [2.05, 4.69) is 24.4 Å². The number of hydrogen-bond donors (Lipinski definition) is 3. The minimum absolute atomic E-state index is 0.0987. The van der Waals surface area contributed by atoms with Gasteiger partial charge in [0.05, 0.1) is 18.8 Å². The number of thiophene rings is 1. The van der Waals surface area contributed by atoms with Gasteiger partial charge in [0.2, 0.25) is 0 Å². The smallest absolute Gasteiger partial charge is 0.120 e. The van der Waals surface area contributed by atoms with Crippen LogP contribution >= 0.6 is 11.3 Å². The minimum atomic E-state index is -0.733. The zero-order valence-electron chi connectivity index (χ0n) is 17.5. The lowest BCUT2D eigenvalue weighted by Gasteiger charge is -2.19. The Hall–Kier alpha value is -1.92. The third kappa shape index (κ3) is 6.54. The summed E-state index contributed by atoms with van der Waals surface area (Å²) in [5.74, 6) is 0.673. The quantitative estimate of drug-likeness (QED) is 0.440. The molecule has 0 amide bonds. The summed E-state index contributed by atoms with van der Waals surface area (Å²) in [6, 6.07) is 7.49. The highest BCUT2D eigenvalue weighted by Crippen LogP contribution is 2.27. The number of ether oxygens (including phenoxy) is 1. The number of hydrogen-bond acceptors (Lipinski definition) is 5. The van der Waals surface area contributed by atoms with E-state index >= 15 is 0 Å². The van der Waals surface area contributed by atoms with Crippen LogP contribution in [0.3, 0.4) is 0 Å². The van der Waals surface area contributed by atoms with Crippen LogP contribution in [0.1, 0.15) is 61.6 Å². The molecule has 0 spiro atoms. The summed E-state index contributed by atoms with van der Waals surface area (Å²) in [4.78, 5) is 1.19. The van der Waals surface area contributed by atoms with Crippen molar-refractivity contribution in [3.63, 3.8) is 0 Å². The standard InChI is InChI=1S/C24H32O4S/c1-4-19(8-7-11-24(27,5-2)6-3)23-12-18(17-29-23)16-28-22-10-9-20(14-25)21(13-22)15-26/h7-13,17,25-27H,4-6,14-16H2,1-3H3/b11-7-,19-8-. The van der Waals surface area contributed by atoms with Crippen LogP contribution < -0.4 is 4.74 Å². The second kappa shape index (κ2) is 11.3. The average molecular weight is 417 g/mol. The molecule has 29 heavy (non-hydrogen) atoms. The molecule has 0 aliphatic rings. The van der Waals surface area contributed by atoms with Gasteiger partial charge in [0.1, 0.15) is 12.4 Å². The number of allylic oxidation sites excluding steroid dienone is 3. The van der Waals surface area contributed by atoms with Crippen LogP contribution in [0.15, 0.2) is 47.9 Å². The van der Waals surface area contributed by atoms with Gasteiger partial charge < -0.3 is 20.1 Å². The molecule has 0 bridgehead atoms. The molecule has 0 saturated carbocycles. The van der Waals surface area contributed by atoms with Crippen LogP contribution in [0.4, 0.5) is 0 Å². The molecule has 0 aliphatic carbocycles. The normalized spacial score (nSPS) is 12.7. The first-order valence-electron chi connectivity index (χ1n) is 10.1. The maximum Gasteiger partial charge on any atom is 0.120 e. The van der Waals surface area contributed by atoms with Gasteiger partial charge in [0.15, 0.2) is 0 Å². The van der Waals surface area contributed by atoms with Crippen LogP contribution in [0.2, 0.25) is 0 Å². The second-order valence-corrected chi connectivity index (χ2v) is 7.98. The van der Waals surface area contributed by atoms with E-state index in [1.165, 1.54) is 10.5 Å². The molecule has 3 N–H and O–H groups in total. The highest BCUT2D eigenvalue weighted by atomic mass is 32.1. The van der Waals surface area contributed by atoms with Crippen molar-refractivity contribution >= 4 is 16.9 Å². The first kappa shape index (κ1) is 23.4. The Balaban J connectivity index is 2.05. The summed E-state index contributed by atoms with van der Waals surface area (Å²) in [5, 5.41) is 31.2. The molecule has 0 aliphatic heterocycles. The SMILES string of the molecule is CC/C(=C/C=C\C(O)(CC)CC)c1cc(COc2ccc(CO)c(CO)c2)cs1. The first-order valence-corrected chi connectivity index (χ1v) is 11.0. The van der Waals surface area contributed by atoms with E-state index in [1.54, 1.807) is 23.5 Å². The number of aliphatic hydroxyl groups excluding tert-OH is 2. The zero-order valence-corrected chi connectivity index (χ0v) is 18.3. The second-order valence-electron chi connectivity index (χ2n) is 7.07. The highest BCUT2D eigenvalue weighted by molar-refractivity contribution is 7.11. The van der Waals surface area contributed by atoms with Crippen molar-refractivity contribution in [2.24, 2.45) is 0 Å². The Kier molecular flexibility index (Phi) is 9.11. The van der Waals surface area contributed by atoms with Gasteiger partial charge in [-0.25, -0.2) is 0 Å². The van der Waals surface area contributed by atoms with Gasteiger partial charge >= 0.3 is 0 Å². The topological polar surface area (TPSA) is 69.9 Å². The van der Waals surface area contributed by atoms with Gasteiger partial charge in [-0.05, 0) is 59.5 Å². The maximum atomic E-state index is 10.4. The van der Waals surface area contributed by atoms with Gasteiger partial charge in [-0.1, -0.05) is 45.1 Å². The molecule has 1 aromatic heterocycles. The maximum absolute atomic E-state index is 10.4. The van der Waals surface area contributed by atoms with Gasteiger partial charge in [0.25, 0.3) is 0 Å². The number of aliphatic hydroxyl groups is 3. The molecular formula is C24H32O4S. The third-order valence-corrected chi connectivity index (χ3v) is 6.26. The Bertz CT molecular complexity index is 831. The fraction of sp³-hybridized carbons (Fsp3) is 0.417. The lowest BCUT2D eigenvalue weighted by molar-refractivity contribution is 0.0828. The summed E-state index contributed by atoms with van der Waals surface area (Å²) in [6.07, 6.45) is 8.23. The highest BCUT2D eigenvalue weighted by Gasteiger charge is 2.17. The molecule has 4 nitrogen and oxygen atoms in total. The molecule has 5 heteroatoms. The van der Waals surface area contributed by atoms with E-state index in [1.807, 2.05) is 32.1 Å². The Labute approximate surface area is 177 Å². The van der Waals surface area contributed by atoms with Crippen LogP contribution in [0.5, 0.6) is 5.75 Å². The molecule has 158 valence electrons. The van der Waals surface area contributed by atoms with E-state index in [4.69, 9.17) is 4.74 Å². The molecule has 0 radical (unpaired) electrons. The van der Waals surface area contributed by atoms with Crippen molar-refractivity contribution in [1.29, 1.82) is 0 Å². The summed E-state index contributed by atoms with van der Waals surface area (Å²) in [7, 11) is 0. The predicted molar refractivity (Wildman–Crippen MR) is 120 cm³/mol. The van der Waals surface area contributed by atoms with E-state index in [0.717, 1.165) is 12.0 Å². The van der Waals surface area contributed by atoms with Gasteiger partial charge in [-0.15, -0.1) is 11.3 Å². The van der Waals surface area contributed by atoms with Crippen molar-refractivity contribution in [1.82, 2.24) is 0 Å². The van der Waals surface area contributed by atoms with E-state index < -0.39 is 5.60 Å². The Morgan fingerprint density at radius 2 is 1.79 bits per heavy atom. The summed E-state index contributed by atoms with van der Waals surface area (Å²) in [6.45, 7) is 6.33. The van der Waals surface area contributed by atoms with Crippen molar-refractivity contribution < 1.29 is 20.1 Å². The summed E-state index contributed by atoms with van der Waals surface area (Å²) in [5.41, 5.74) is 2.97. The van der Waals surface area contributed by atoms with Gasteiger partial charge in [0, 0.05) is 10.4 Å². The lowest BCUT2D eigenvalue weighted by Crippen LogP contribution is -2.22. The molecule has 1 aromatic carbocycles. The molecule has 0 fully saturated rings. The zero-order chi connectivity index (χ0) is 21.3. The van der Waals surface area contributed by atoms with Crippen LogP contribution in [-0.2, 0) is 19.8 Å². The minimum Gasteiger partial charge on any atom is -0.489 e. The summed E-state index contributed by atoms with van der Waals surface area (Å²) < 4.78 is 5.86. The number of benzene rings is 1. The molecule has 0 saturated heterocycles. The first-order chi connectivity index (χ1) is 14.0.